The van der Waals surface area contributed by atoms with Gasteiger partial charge in [0.15, 0.2) is 0 Å². The summed E-state index contributed by atoms with van der Waals surface area (Å²) in [4.78, 5) is 11.3. The lowest BCUT2D eigenvalue weighted by atomic mass is 9.94. The molecular weight excluding hydrogens is 212 g/mol. The van der Waals surface area contributed by atoms with E-state index >= 15 is 0 Å². The van der Waals surface area contributed by atoms with Crippen molar-refractivity contribution in [1.82, 2.24) is 14.9 Å². The molecule has 1 aliphatic heterocycles. The van der Waals surface area contributed by atoms with Crippen LogP contribution in [0.2, 0.25) is 0 Å². The zero-order chi connectivity index (χ0) is 12.5. The number of nitrogens with zero attached hydrogens (tertiary/aromatic N) is 3. The molecule has 94 valence electrons. The van der Waals surface area contributed by atoms with Gasteiger partial charge in [-0.3, -0.25) is 0 Å². The van der Waals surface area contributed by atoms with Crippen LogP contribution in [-0.2, 0) is 5.54 Å². The van der Waals surface area contributed by atoms with Crippen molar-refractivity contribution in [2.75, 3.05) is 20.1 Å². The van der Waals surface area contributed by atoms with Crippen molar-refractivity contribution in [2.24, 2.45) is 5.73 Å². The zero-order valence-corrected chi connectivity index (χ0v) is 11.0. The van der Waals surface area contributed by atoms with Gasteiger partial charge in [0.2, 0.25) is 0 Å². The van der Waals surface area contributed by atoms with Crippen molar-refractivity contribution < 1.29 is 0 Å². The molecule has 2 rings (SSSR count). The number of hydrogen-bond donors (Lipinski definition) is 1. The average molecular weight is 234 g/mol. The normalized spacial score (nSPS) is 22.7. The van der Waals surface area contributed by atoms with Gasteiger partial charge in [-0.2, -0.15) is 0 Å². The summed E-state index contributed by atoms with van der Waals surface area (Å²) in [5, 5.41) is 0. The van der Waals surface area contributed by atoms with Gasteiger partial charge in [0.05, 0.1) is 5.54 Å². The highest BCUT2D eigenvalue weighted by atomic mass is 15.1. The van der Waals surface area contributed by atoms with Gasteiger partial charge in [-0.05, 0) is 46.3 Å². The van der Waals surface area contributed by atoms with E-state index in [-0.39, 0.29) is 0 Å². The summed E-state index contributed by atoms with van der Waals surface area (Å²) in [7, 11) is 2.17. The Morgan fingerprint density at radius 3 is 2.88 bits per heavy atom. The maximum Gasteiger partial charge on any atom is 0.147 e. The molecule has 1 aliphatic rings. The van der Waals surface area contributed by atoms with E-state index in [4.69, 9.17) is 5.73 Å². The van der Waals surface area contributed by atoms with Crippen LogP contribution in [0.4, 0.5) is 0 Å². The summed E-state index contributed by atoms with van der Waals surface area (Å²) in [5.74, 6) is 1.26. The Kier molecular flexibility index (Phi) is 3.45. The van der Waals surface area contributed by atoms with Crippen molar-refractivity contribution in [3.63, 3.8) is 0 Å². The molecule has 1 atom stereocenters. The van der Waals surface area contributed by atoms with Crippen molar-refractivity contribution >= 4 is 0 Å². The van der Waals surface area contributed by atoms with E-state index in [1.165, 1.54) is 19.4 Å². The number of likely N-dealkylation sites (N-methyl/N-ethyl adjacent to an activating group) is 1. The first-order valence-corrected chi connectivity index (χ1v) is 6.27. The molecule has 1 saturated heterocycles. The number of aromatic nitrogens is 2. The highest BCUT2D eigenvalue weighted by Gasteiger charge is 2.23. The van der Waals surface area contributed by atoms with Crippen LogP contribution < -0.4 is 5.73 Å². The van der Waals surface area contributed by atoms with Gasteiger partial charge in [-0.1, -0.05) is 0 Å². The first kappa shape index (κ1) is 12.5. The maximum absolute atomic E-state index is 6.05. The highest BCUT2D eigenvalue weighted by Crippen LogP contribution is 2.25. The molecule has 0 saturated carbocycles. The van der Waals surface area contributed by atoms with Gasteiger partial charge in [0, 0.05) is 24.4 Å². The Balaban J connectivity index is 2.21. The molecule has 1 unspecified atom stereocenters. The van der Waals surface area contributed by atoms with Crippen molar-refractivity contribution in [3.8, 4) is 0 Å². The lowest BCUT2D eigenvalue weighted by molar-refractivity contribution is 0.248. The van der Waals surface area contributed by atoms with Crippen molar-refractivity contribution in [3.05, 3.63) is 23.8 Å². The number of rotatable bonds is 2. The molecule has 0 aliphatic carbocycles. The standard InChI is InChI=1S/C13H22N4/c1-13(2,14)12-15-7-6-11(16-12)10-5-4-8-17(3)9-10/h6-7,10H,4-5,8-9,14H2,1-3H3. The molecular formula is C13H22N4. The lowest BCUT2D eigenvalue weighted by Gasteiger charge is -2.29. The Hall–Kier alpha value is -1.00. The quantitative estimate of drug-likeness (QED) is 0.842. The fraction of sp³-hybridized carbons (Fsp3) is 0.692. The fourth-order valence-electron chi connectivity index (χ4n) is 2.32. The van der Waals surface area contributed by atoms with Gasteiger partial charge in [0.25, 0.3) is 0 Å². The van der Waals surface area contributed by atoms with Gasteiger partial charge >= 0.3 is 0 Å². The molecule has 4 nitrogen and oxygen atoms in total. The second kappa shape index (κ2) is 4.70. The topological polar surface area (TPSA) is 55.0 Å². The first-order chi connectivity index (χ1) is 7.97. The second-order valence-electron chi connectivity index (χ2n) is 5.63. The molecule has 4 heteroatoms. The summed E-state index contributed by atoms with van der Waals surface area (Å²) in [6.07, 6.45) is 4.29. The molecule has 2 N–H and O–H groups in total. The largest absolute Gasteiger partial charge is 0.319 e. The first-order valence-electron chi connectivity index (χ1n) is 6.27. The monoisotopic (exact) mass is 234 g/mol. The number of nitrogens with two attached hydrogens (primary N) is 1. The van der Waals surface area contributed by atoms with Crippen LogP contribution in [0.5, 0.6) is 0 Å². The molecule has 0 amide bonds. The second-order valence-corrected chi connectivity index (χ2v) is 5.63. The molecule has 0 spiro atoms. The predicted octanol–water partition coefficient (Wildman–Crippen LogP) is 1.48. The number of piperidine rings is 1. The molecule has 1 aromatic rings. The maximum atomic E-state index is 6.05. The molecule has 2 heterocycles. The van der Waals surface area contributed by atoms with Crippen molar-refractivity contribution in [1.29, 1.82) is 0 Å². The van der Waals surface area contributed by atoms with E-state index in [0.29, 0.717) is 5.92 Å². The molecule has 1 aromatic heterocycles. The minimum Gasteiger partial charge on any atom is -0.319 e. The van der Waals surface area contributed by atoms with Gasteiger partial charge < -0.3 is 10.6 Å². The van der Waals surface area contributed by atoms with Crippen LogP contribution in [0.1, 0.15) is 44.1 Å². The average Bonchev–Trinajstić information content (AvgIpc) is 2.28. The van der Waals surface area contributed by atoms with Crippen LogP contribution in [0.15, 0.2) is 12.3 Å². The van der Waals surface area contributed by atoms with Crippen LogP contribution in [0.25, 0.3) is 0 Å². The Morgan fingerprint density at radius 2 is 2.24 bits per heavy atom. The van der Waals surface area contributed by atoms with E-state index in [2.05, 4.69) is 21.9 Å². The third-order valence-corrected chi connectivity index (χ3v) is 3.30. The smallest absolute Gasteiger partial charge is 0.147 e. The highest BCUT2D eigenvalue weighted by molar-refractivity contribution is 5.13. The fourth-order valence-corrected chi connectivity index (χ4v) is 2.32. The van der Waals surface area contributed by atoms with Crippen LogP contribution >= 0.6 is 0 Å². The number of hydrogen-bond acceptors (Lipinski definition) is 4. The Bertz CT molecular complexity index is 383. The molecule has 1 fully saturated rings. The minimum atomic E-state index is -0.462. The predicted molar refractivity (Wildman–Crippen MR) is 68.7 cm³/mol. The van der Waals surface area contributed by atoms with E-state index in [1.807, 2.05) is 26.1 Å². The summed E-state index contributed by atoms with van der Waals surface area (Å²) in [6.45, 7) is 6.16. The summed E-state index contributed by atoms with van der Waals surface area (Å²) in [5.41, 5.74) is 6.72. The molecule has 0 aromatic carbocycles. The van der Waals surface area contributed by atoms with E-state index < -0.39 is 5.54 Å². The summed E-state index contributed by atoms with van der Waals surface area (Å²) >= 11 is 0. The molecule has 17 heavy (non-hydrogen) atoms. The van der Waals surface area contributed by atoms with Crippen molar-refractivity contribution in [2.45, 2.75) is 38.1 Å². The van der Waals surface area contributed by atoms with Crippen LogP contribution in [0.3, 0.4) is 0 Å². The molecule has 0 radical (unpaired) electrons. The van der Waals surface area contributed by atoms with Crippen LogP contribution in [0, 0.1) is 0 Å². The van der Waals surface area contributed by atoms with E-state index in [0.717, 1.165) is 18.1 Å². The summed E-state index contributed by atoms with van der Waals surface area (Å²) in [6, 6.07) is 2.03. The summed E-state index contributed by atoms with van der Waals surface area (Å²) < 4.78 is 0. The van der Waals surface area contributed by atoms with Gasteiger partial charge in [0.1, 0.15) is 5.82 Å². The third kappa shape index (κ3) is 3.01. The van der Waals surface area contributed by atoms with E-state index in [1.54, 1.807) is 0 Å². The Morgan fingerprint density at radius 1 is 1.47 bits per heavy atom. The Labute approximate surface area is 103 Å². The van der Waals surface area contributed by atoms with Gasteiger partial charge in [-0.15, -0.1) is 0 Å². The SMILES string of the molecule is CN1CCCC(c2ccnc(C(C)(C)N)n2)C1. The van der Waals surface area contributed by atoms with Crippen LogP contribution in [-0.4, -0.2) is 35.0 Å². The third-order valence-electron chi connectivity index (χ3n) is 3.30. The van der Waals surface area contributed by atoms with Gasteiger partial charge in [-0.25, -0.2) is 9.97 Å². The molecule has 0 bridgehead atoms. The number of likely N-dealkylation sites (tertiary alicyclic amines) is 1. The lowest BCUT2D eigenvalue weighted by Crippen LogP contribution is -2.34. The van der Waals surface area contributed by atoms with E-state index in [9.17, 15) is 0 Å². The zero-order valence-electron chi connectivity index (χ0n) is 11.0. The minimum absolute atomic E-state index is 0.462.